The monoisotopic (exact) mass is 1910 g/mol. The molecule has 0 amide bonds. The fraction of sp³-hybridized carbons (Fsp3) is 0.100. The smallest absolute Gasteiger partial charge is 0.216 e. The van der Waals surface area contributed by atoms with Crippen LogP contribution in [0.15, 0.2) is 269 Å². The molecule has 3 radical (unpaired) electrons. The number of aromatic nitrogens is 9. The molecule has 525 valence electrons. The minimum Gasteiger partial charge on any atom is -0.486 e. The van der Waals surface area contributed by atoms with E-state index in [2.05, 4.69) is 113 Å². The van der Waals surface area contributed by atoms with Crippen LogP contribution in [0, 0.1) is 98.6 Å². The molecule has 0 unspecified atom stereocenters. The maximum absolute atomic E-state index is 7.43. The summed E-state index contributed by atoms with van der Waals surface area (Å²) in [7, 11) is 0. The zero-order valence-electron chi connectivity index (χ0n) is 62.9. The summed E-state index contributed by atoms with van der Waals surface area (Å²) in [6.07, 6.45) is 10.4. The van der Waals surface area contributed by atoms with Gasteiger partial charge in [0.25, 0.3) is 0 Å². The van der Waals surface area contributed by atoms with Crippen molar-refractivity contribution in [2.75, 3.05) is 0 Å². The van der Waals surface area contributed by atoms with Gasteiger partial charge in [0.05, 0.1) is 16.7 Å². The summed E-state index contributed by atoms with van der Waals surface area (Å²) in [4.78, 5) is 39.4. The molecular formula is C90H69Ir3N9O3-6. The van der Waals surface area contributed by atoms with Crippen LogP contribution in [0.3, 0.4) is 0 Å². The Kier molecular flexibility index (Phi) is 23.9. The zero-order chi connectivity index (χ0) is 74.4. The van der Waals surface area contributed by atoms with Gasteiger partial charge in [-0.05, 0) is 167 Å². The largest absolute Gasteiger partial charge is 0.486 e. The van der Waals surface area contributed by atoms with Gasteiger partial charge in [-0.25, -0.2) is 15.0 Å². The minimum absolute atomic E-state index is 0. The van der Waals surface area contributed by atoms with Gasteiger partial charge in [-0.15, -0.1) is 162 Å². The first-order valence-corrected chi connectivity index (χ1v) is 32.8. The molecule has 12 nitrogen and oxygen atoms in total. The van der Waals surface area contributed by atoms with E-state index in [9.17, 15) is 0 Å². The van der Waals surface area contributed by atoms with Gasteiger partial charge in [0, 0.05) is 138 Å². The number of rotatable bonds is 6. The molecule has 18 rings (SSSR count). The summed E-state index contributed by atoms with van der Waals surface area (Å²) in [5, 5.41) is 6.03. The molecule has 12 heterocycles. The molecule has 0 saturated carbocycles. The van der Waals surface area contributed by atoms with Crippen molar-refractivity contribution in [3.05, 3.63) is 342 Å². The maximum Gasteiger partial charge on any atom is 0.216 e. The Labute approximate surface area is 658 Å². The first-order valence-electron chi connectivity index (χ1n) is 35.7. The molecule has 105 heavy (non-hydrogen) atoms. The van der Waals surface area contributed by atoms with E-state index in [1.54, 1.807) is 30.7 Å². The number of hydrogen-bond donors (Lipinski definition) is 0. The van der Waals surface area contributed by atoms with Crippen LogP contribution in [0.2, 0.25) is 0 Å². The summed E-state index contributed by atoms with van der Waals surface area (Å²) >= 11 is 0. The SMILES string of the molecule is Cc1ccc(-c2[c-]cccc2)nc1.Cc1ccc2c(n1)oc1c(-c3cc(C)c(C)cn3)[c-]ccc12.Cc1ccc2c(n1)oc1c(-c3ccccn3)[c-]ccc12.[2H]C([2H])([2H])c1ccc(-c2[c-]ccc3c2oc2nc(C)ccc23)nc1.[2H]Cc1ccc(-c2[c-]cccc2)nc1.[2H]Cc1ccc(-c2[c-]cccc2)nc1.[Ir].[Ir].[Ir]. The van der Waals surface area contributed by atoms with E-state index < -0.39 is 6.85 Å². The van der Waals surface area contributed by atoms with Crippen LogP contribution in [0.25, 0.3) is 134 Å². The minimum atomic E-state index is -2.16. The Morgan fingerprint density at radius 1 is 0.295 bits per heavy atom. The second-order valence-corrected chi connectivity index (χ2v) is 24.0. The third-order valence-electron chi connectivity index (χ3n) is 16.4. The first-order chi connectivity index (χ1) is 52.0. The normalized spacial score (nSPS) is 11.3. The Balaban J connectivity index is 0.000000142. The van der Waals surface area contributed by atoms with Crippen LogP contribution in [0.1, 0.15) is 57.3 Å². The number of furan rings is 3. The molecule has 6 aromatic carbocycles. The molecule has 0 aliphatic carbocycles. The fourth-order valence-electron chi connectivity index (χ4n) is 11.0. The molecule has 0 atom stereocenters. The van der Waals surface area contributed by atoms with Crippen LogP contribution in [0.4, 0.5) is 0 Å². The molecule has 0 aliphatic rings. The number of aryl methyl sites for hydroxylation is 9. The Bertz CT molecular complexity index is 5940. The van der Waals surface area contributed by atoms with Crippen molar-refractivity contribution in [2.45, 2.75) is 62.2 Å². The number of fused-ring (bicyclic) bond motifs is 9. The van der Waals surface area contributed by atoms with E-state index >= 15 is 0 Å². The average Bonchev–Trinajstić information content (AvgIpc) is 1.63. The van der Waals surface area contributed by atoms with Crippen LogP contribution in [0.5, 0.6) is 0 Å². The van der Waals surface area contributed by atoms with Gasteiger partial charge in [-0.3, -0.25) is 0 Å². The number of benzene rings is 6. The van der Waals surface area contributed by atoms with Crippen LogP contribution < -0.4 is 0 Å². The second-order valence-electron chi connectivity index (χ2n) is 24.0. The Morgan fingerprint density at radius 3 is 1.02 bits per heavy atom. The molecule has 0 N–H and O–H groups in total. The first kappa shape index (κ1) is 69.7. The van der Waals surface area contributed by atoms with Gasteiger partial charge >= 0.3 is 0 Å². The van der Waals surface area contributed by atoms with Crippen molar-refractivity contribution in [1.29, 1.82) is 0 Å². The van der Waals surface area contributed by atoms with Crippen molar-refractivity contribution >= 4 is 66.2 Å². The molecule has 0 fully saturated rings. The van der Waals surface area contributed by atoms with Crippen LogP contribution in [-0.4, -0.2) is 44.9 Å². The summed E-state index contributed by atoms with van der Waals surface area (Å²) in [6.45, 7) is 10.4. The van der Waals surface area contributed by atoms with Gasteiger partial charge in [0.1, 0.15) is 0 Å². The van der Waals surface area contributed by atoms with Gasteiger partial charge in [0.2, 0.25) is 17.1 Å². The fourth-order valence-corrected chi connectivity index (χ4v) is 11.0. The van der Waals surface area contributed by atoms with E-state index in [0.717, 1.165) is 128 Å². The third kappa shape index (κ3) is 18.7. The number of pyridine rings is 9. The molecule has 0 aliphatic heterocycles. The van der Waals surface area contributed by atoms with E-state index in [1.807, 2.05) is 228 Å². The summed E-state index contributed by atoms with van der Waals surface area (Å²) < 4.78 is 54.5. The van der Waals surface area contributed by atoms with Crippen molar-refractivity contribution in [1.82, 2.24) is 44.9 Å². The summed E-state index contributed by atoms with van der Waals surface area (Å²) in [6, 6.07) is 88.9. The van der Waals surface area contributed by atoms with Crippen molar-refractivity contribution in [3.63, 3.8) is 0 Å². The summed E-state index contributed by atoms with van der Waals surface area (Å²) in [5.74, 6) is 0. The molecule has 0 saturated heterocycles. The Hall–Kier alpha value is -11.0. The predicted octanol–water partition coefficient (Wildman–Crippen LogP) is 21.9. The second kappa shape index (κ2) is 35.9. The number of hydrogen-bond acceptors (Lipinski definition) is 12. The molecule has 18 aromatic rings. The van der Waals surface area contributed by atoms with E-state index in [-0.39, 0.29) is 79.7 Å². The zero-order valence-corrected chi connectivity index (χ0v) is 65.1. The van der Waals surface area contributed by atoms with Gasteiger partial charge < -0.3 is 43.2 Å². The standard InChI is InChI=1S/C19H15N2O.C18H13N2O.C17H11N2O.3C12H10N.3Ir/c1-11-9-17(20-10-12(11)2)16-6-4-5-14-15-8-7-13(3)21-19(15)22-18(14)16;1-11-6-9-16(19-10-11)15-5-3-4-13-14-8-7-12(2)20-18(14)21-17(13)15;1-11-8-9-13-12-5-4-6-14(15-7-2-3-10-18-15)16(12)20-17(13)19-11;3*1-10-7-8-12(13-9-10)11-5-3-2-4-6-11;;;/h4-5,7-10H,1-3H3;3-4,6-10H,1-2H3;2-5,7-10H,1H3;3*2-5,7-9H,1H3;;;/q6*-1;;;/i;1D3;;2*1D;;;;. The van der Waals surface area contributed by atoms with Gasteiger partial charge in [-0.1, -0.05) is 105 Å². The van der Waals surface area contributed by atoms with E-state index in [1.165, 1.54) is 22.9 Å². The summed E-state index contributed by atoms with van der Waals surface area (Å²) in [5.41, 5.74) is 23.2. The maximum atomic E-state index is 7.43. The van der Waals surface area contributed by atoms with Crippen molar-refractivity contribution in [3.8, 4) is 67.5 Å². The van der Waals surface area contributed by atoms with Crippen LogP contribution in [-0.2, 0) is 60.3 Å². The molecule has 0 bridgehead atoms. The van der Waals surface area contributed by atoms with Crippen molar-refractivity contribution < 1.29 is 80.4 Å². The predicted molar refractivity (Wildman–Crippen MR) is 409 cm³/mol. The Morgan fingerprint density at radius 2 is 0.667 bits per heavy atom. The quantitative estimate of drug-likeness (QED) is 0.145. The van der Waals surface area contributed by atoms with E-state index in [0.29, 0.717) is 34.0 Å². The molecule has 15 heteroatoms. The van der Waals surface area contributed by atoms with Crippen molar-refractivity contribution in [2.24, 2.45) is 0 Å². The molecule has 12 aromatic heterocycles. The van der Waals surface area contributed by atoms with Crippen LogP contribution >= 0.6 is 0 Å². The van der Waals surface area contributed by atoms with E-state index in [4.69, 9.17) is 20.1 Å². The topological polar surface area (TPSA) is 155 Å². The molecule has 0 spiro atoms. The third-order valence-corrected chi connectivity index (χ3v) is 16.4. The number of nitrogens with zero attached hydrogens (tertiary/aromatic N) is 9. The molecular weight excluding hydrogens is 1830 g/mol. The average molecular weight is 1910 g/mol. The van der Waals surface area contributed by atoms with Gasteiger partial charge in [-0.2, -0.15) is 0 Å². The van der Waals surface area contributed by atoms with Gasteiger partial charge in [0.15, 0.2) is 0 Å².